The number of benzene rings is 2. The van der Waals surface area contributed by atoms with Crippen molar-refractivity contribution in [3.8, 4) is 0 Å². The van der Waals surface area contributed by atoms with Crippen molar-refractivity contribution < 1.29 is 4.79 Å². The Hall–Kier alpha value is -2.88. The van der Waals surface area contributed by atoms with E-state index in [0.717, 1.165) is 17.4 Å². The number of hydrogen-bond acceptors (Lipinski definition) is 2. The highest BCUT2D eigenvalue weighted by Gasteiger charge is 2.17. The van der Waals surface area contributed by atoms with Gasteiger partial charge < -0.3 is 9.88 Å². The van der Waals surface area contributed by atoms with Gasteiger partial charge in [0.15, 0.2) is 0 Å². The molecule has 2 aromatic carbocycles. The van der Waals surface area contributed by atoms with E-state index in [2.05, 4.69) is 5.32 Å². The van der Waals surface area contributed by atoms with Crippen LogP contribution < -0.4 is 10.9 Å². The molecule has 4 nitrogen and oxygen atoms in total. The van der Waals surface area contributed by atoms with Gasteiger partial charge in [0.25, 0.3) is 11.5 Å². The molecule has 1 heterocycles. The lowest BCUT2D eigenvalue weighted by molar-refractivity contribution is 0.0942. The van der Waals surface area contributed by atoms with E-state index < -0.39 is 0 Å². The molecule has 3 rings (SSSR count). The second-order valence-electron chi connectivity index (χ2n) is 6.88. The van der Waals surface area contributed by atoms with Crippen molar-refractivity contribution >= 4 is 16.7 Å². The van der Waals surface area contributed by atoms with Crippen molar-refractivity contribution in [2.45, 2.75) is 33.2 Å². The molecule has 0 radical (unpaired) electrons. The van der Waals surface area contributed by atoms with E-state index in [-0.39, 0.29) is 17.5 Å². The van der Waals surface area contributed by atoms with Gasteiger partial charge in [-0.1, -0.05) is 48.0 Å². The van der Waals surface area contributed by atoms with Crippen molar-refractivity contribution in [3.05, 3.63) is 81.8 Å². The third-order valence-corrected chi connectivity index (χ3v) is 4.50. The van der Waals surface area contributed by atoms with Gasteiger partial charge in [-0.2, -0.15) is 0 Å². The number of pyridine rings is 1. The number of fused-ring (bicyclic) bond motifs is 1. The Bertz CT molecular complexity index is 988. The van der Waals surface area contributed by atoms with Gasteiger partial charge in [0.1, 0.15) is 5.69 Å². The summed E-state index contributed by atoms with van der Waals surface area (Å²) in [6.45, 7) is 6.33. The minimum absolute atomic E-state index is 0.0951. The molecule has 0 spiro atoms. The van der Waals surface area contributed by atoms with Crippen LogP contribution in [0.2, 0.25) is 0 Å². The quantitative estimate of drug-likeness (QED) is 0.761. The molecule has 0 aliphatic rings. The minimum Gasteiger partial charge on any atom is -0.350 e. The Labute approximate surface area is 153 Å². The topological polar surface area (TPSA) is 51.1 Å². The fourth-order valence-electron chi connectivity index (χ4n) is 3.18. The third kappa shape index (κ3) is 3.69. The average molecular weight is 348 g/mol. The molecule has 0 saturated carbocycles. The van der Waals surface area contributed by atoms with E-state index in [0.29, 0.717) is 17.6 Å². The fourth-order valence-corrected chi connectivity index (χ4v) is 3.18. The van der Waals surface area contributed by atoms with Crippen LogP contribution >= 0.6 is 0 Å². The van der Waals surface area contributed by atoms with Crippen molar-refractivity contribution in [1.29, 1.82) is 0 Å². The van der Waals surface area contributed by atoms with Gasteiger partial charge in [-0.05, 0) is 50.3 Å². The smallest absolute Gasteiger partial charge is 0.268 e. The standard InChI is InChI=1S/C22H24N2O2/c1-15(2)24-20(14-18-10-9-16(3)13-19(18)22(24)26)21(25)23-12-11-17-7-5-4-6-8-17/h4-10,13-15H,11-12H2,1-3H3,(H,23,25). The normalized spacial score (nSPS) is 11.1. The lowest BCUT2D eigenvalue weighted by Gasteiger charge is -2.17. The molecule has 0 aliphatic heterocycles. The Morgan fingerprint density at radius 3 is 2.50 bits per heavy atom. The number of carbonyl (C=O) groups is 1. The summed E-state index contributed by atoms with van der Waals surface area (Å²) < 4.78 is 1.58. The Kier molecular flexibility index (Phi) is 5.21. The van der Waals surface area contributed by atoms with Crippen LogP contribution in [-0.4, -0.2) is 17.0 Å². The molecule has 0 bridgehead atoms. The van der Waals surface area contributed by atoms with Gasteiger partial charge in [-0.25, -0.2) is 0 Å². The van der Waals surface area contributed by atoms with Crippen LogP contribution in [0.25, 0.3) is 10.8 Å². The Morgan fingerprint density at radius 2 is 1.81 bits per heavy atom. The number of nitrogens with one attached hydrogen (secondary N) is 1. The highest BCUT2D eigenvalue weighted by molar-refractivity contribution is 5.96. The molecule has 1 N–H and O–H groups in total. The van der Waals surface area contributed by atoms with Gasteiger partial charge >= 0.3 is 0 Å². The van der Waals surface area contributed by atoms with Crippen LogP contribution in [0.5, 0.6) is 0 Å². The lowest BCUT2D eigenvalue weighted by atomic mass is 10.1. The largest absolute Gasteiger partial charge is 0.350 e. The summed E-state index contributed by atoms with van der Waals surface area (Å²) in [6.07, 6.45) is 0.755. The molecule has 0 unspecified atom stereocenters. The minimum atomic E-state index is -0.214. The van der Waals surface area contributed by atoms with Gasteiger partial charge in [0, 0.05) is 18.0 Å². The number of aromatic nitrogens is 1. The molecule has 0 saturated heterocycles. The van der Waals surface area contributed by atoms with E-state index in [4.69, 9.17) is 0 Å². The maximum absolute atomic E-state index is 12.9. The summed E-state index contributed by atoms with van der Waals surface area (Å²) in [6, 6.07) is 17.5. The Balaban J connectivity index is 1.90. The number of rotatable bonds is 5. The van der Waals surface area contributed by atoms with E-state index in [9.17, 15) is 9.59 Å². The van der Waals surface area contributed by atoms with E-state index in [1.165, 1.54) is 5.56 Å². The number of hydrogen-bond donors (Lipinski definition) is 1. The first kappa shape index (κ1) is 17.9. The van der Waals surface area contributed by atoms with Crippen LogP contribution in [0.15, 0.2) is 59.4 Å². The predicted octanol–water partition coefficient (Wildman–Crippen LogP) is 3.86. The summed E-state index contributed by atoms with van der Waals surface area (Å²) >= 11 is 0. The third-order valence-electron chi connectivity index (χ3n) is 4.50. The van der Waals surface area contributed by atoms with E-state index in [1.54, 1.807) is 4.57 Å². The highest BCUT2D eigenvalue weighted by Crippen LogP contribution is 2.17. The van der Waals surface area contributed by atoms with Crippen LogP contribution in [0.4, 0.5) is 0 Å². The van der Waals surface area contributed by atoms with Crippen LogP contribution in [0, 0.1) is 6.92 Å². The number of amides is 1. The molecule has 0 atom stereocenters. The monoisotopic (exact) mass is 348 g/mol. The van der Waals surface area contributed by atoms with Gasteiger partial charge in [0.05, 0.1) is 0 Å². The molecule has 26 heavy (non-hydrogen) atoms. The van der Waals surface area contributed by atoms with E-state index >= 15 is 0 Å². The van der Waals surface area contributed by atoms with Crippen molar-refractivity contribution in [2.24, 2.45) is 0 Å². The fraction of sp³-hybridized carbons (Fsp3) is 0.273. The zero-order chi connectivity index (χ0) is 18.7. The molecule has 4 heteroatoms. The molecule has 1 aromatic heterocycles. The van der Waals surface area contributed by atoms with Gasteiger partial charge in [-0.15, -0.1) is 0 Å². The number of carbonyl (C=O) groups excluding carboxylic acids is 1. The van der Waals surface area contributed by atoms with Crippen LogP contribution in [0.3, 0.4) is 0 Å². The summed E-state index contributed by atoms with van der Waals surface area (Å²) in [7, 11) is 0. The number of nitrogens with zero attached hydrogens (tertiary/aromatic N) is 1. The summed E-state index contributed by atoms with van der Waals surface area (Å²) in [5.74, 6) is -0.214. The van der Waals surface area contributed by atoms with Gasteiger partial charge in [0.2, 0.25) is 0 Å². The van der Waals surface area contributed by atoms with Crippen molar-refractivity contribution in [2.75, 3.05) is 6.54 Å². The molecular formula is C22H24N2O2. The maximum atomic E-state index is 12.9. The molecule has 1 amide bonds. The van der Waals surface area contributed by atoms with E-state index in [1.807, 2.05) is 75.4 Å². The highest BCUT2D eigenvalue weighted by atomic mass is 16.2. The summed E-state index contributed by atoms with van der Waals surface area (Å²) in [5.41, 5.74) is 2.50. The average Bonchev–Trinajstić information content (AvgIpc) is 2.62. The Morgan fingerprint density at radius 1 is 1.08 bits per heavy atom. The molecule has 3 aromatic rings. The molecule has 0 fully saturated rings. The summed E-state index contributed by atoms with van der Waals surface area (Å²) in [5, 5.41) is 4.40. The van der Waals surface area contributed by atoms with Crippen LogP contribution in [0.1, 0.15) is 41.5 Å². The molecule has 134 valence electrons. The second-order valence-corrected chi connectivity index (χ2v) is 6.88. The van der Waals surface area contributed by atoms with Gasteiger partial charge in [-0.3, -0.25) is 9.59 Å². The first-order chi connectivity index (χ1) is 12.5. The van der Waals surface area contributed by atoms with Crippen LogP contribution in [-0.2, 0) is 6.42 Å². The summed E-state index contributed by atoms with van der Waals surface area (Å²) in [4.78, 5) is 25.7. The first-order valence-corrected chi connectivity index (χ1v) is 8.95. The first-order valence-electron chi connectivity index (χ1n) is 8.95. The lowest BCUT2D eigenvalue weighted by Crippen LogP contribution is -2.34. The maximum Gasteiger partial charge on any atom is 0.268 e. The zero-order valence-corrected chi connectivity index (χ0v) is 15.5. The van der Waals surface area contributed by atoms with Crippen molar-refractivity contribution in [1.82, 2.24) is 9.88 Å². The predicted molar refractivity (Wildman–Crippen MR) is 106 cm³/mol. The van der Waals surface area contributed by atoms with Crippen molar-refractivity contribution in [3.63, 3.8) is 0 Å². The molecular weight excluding hydrogens is 324 g/mol. The molecule has 0 aliphatic carbocycles. The number of aryl methyl sites for hydroxylation is 1. The zero-order valence-electron chi connectivity index (χ0n) is 15.5. The SMILES string of the molecule is Cc1ccc2cc(C(=O)NCCc3ccccc3)n(C(C)C)c(=O)c2c1. The second kappa shape index (κ2) is 7.56.